The van der Waals surface area contributed by atoms with E-state index in [9.17, 15) is 5.11 Å². The molecule has 4 nitrogen and oxygen atoms in total. The molecule has 2 aliphatic rings. The largest absolute Gasteiger partial charge is 0.393 e. The summed E-state index contributed by atoms with van der Waals surface area (Å²) in [5.41, 5.74) is 0.900. The molecule has 1 heterocycles. The smallest absolute Gasteiger partial charge is 0.137 e. The van der Waals surface area contributed by atoms with Crippen LogP contribution in [0.3, 0.4) is 0 Å². The predicted octanol–water partition coefficient (Wildman–Crippen LogP) is 2.25. The van der Waals surface area contributed by atoms with E-state index in [1.165, 1.54) is 12.8 Å². The van der Waals surface area contributed by atoms with E-state index in [1.54, 1.807) is 0 Å². The number of hydrogen-bond donors (Lipinski definition) is 2. The number of nitrogens with one attached hydrogen (secondary N) is 1. The number of aromatic nitrogens is 2. The van der Waals surface area contributed by atoms with E-state index in [2.05, 4.69) is 15.3 Å². The maximum atomic E-state index is 9.27. The van der Waals surface area contributed by atoms with Crippen molar-refractivity contribution in [1.82, 2.24) is 9.97 Å². The van der Waals surface area contributed by atoms with Crippen molar-refractivity contribution < 1.29 is 5.11 Å². The average molecular weight is 254 g/mol. The molecule has 0 unspecified atom stereocenters. The molecule has 0 spiro atoms. The third kappa shape index (κ3) is 2.24. The quantitative estimate of drug-likeness (QED) is 0.812. The van der Waals surface area contributed by atoms with E-state index < -0.39 is 0 Å². The van der Waals surface area contributed by atoms with Crippen LogP contribution < -0.4 is 5.32 Å². The number of nitrogens with zero attached hydrogens (tertiary/aromatic N) is 2. The molecular weight excluding hydrogens is 238 g/mol. The molecule has 0 amide bonds. The first-order valence-electron chi connectivity index (χ1n) is 6.12. The van der Waals surface area contributed by atoms with Crippen molar-refractivity contribution in [2.45, 2.75) is 50.7 Å². The summed E-state index contributed by atoms with van der Waals surface area (Å²) in [6.45, 7) is 1.93. The molecule has 5 heteroatoms. The van der Waals surface area contributed by atoms with Gasteiger partial charge in [-0.25, -0.2) is 9.97 Å². The van der Waals surface area contributed by atoms with Gasteiger partial charge in [0.25, 0.3) is 0 Å². The minimum Gasteiger partial charge on any atom is -0.393 e. The molecule has 17 heavy (non-hydrogen) atoms. The lowest BCUT2D eigenvalue weighted by Gasteiger charge is -2.32. The maximum absolute atomic E-state index is 9.27. The van der Waals surface area contributed by atoms with Crippen LogP contribution in [0, 0.1) is 6.92 Å². The zero-order chi connectivity index (χ0) is 12.0. The van der Waals surface area contributed by atoms with Crippen molar-refractivity contribution in [3.63, 3.8) is 0 Å². The summed E-state index contributed by atoms with van der Waals surface area (Å²) in [6, 6.07) is 0.321. The van der Waals surface area contributed by atoms with Crippen molar-refractivity contribution in [2.24, 2.45) is 0 Å². The molecule has 3 rings (SSSR count). The van der Waals surface area contributed by atoms with Gasteiger partial charge < -0.3 is 10.4 Å². The monoisotopic (exact) mass is 253 g/mol. The van der Waals surface area contributed by atoms with Crippen molar-refractivity contribution in [1.29, 1.82) is 0 Å². The van der Waals surface area contributed by atoms with Crippen molar-refractivity contribution in [3.8, 4) is 0 Å². The number of aliphatic hydroxyl groups is 1. The molecule has 2 saturated carbocycles. The van der Waals surface area contributed by atoms with Gasteiger partial charge >= 0.3 is 0 Å². The lowest BCUT2D eigenvalue weighted by Crippen LogP contribution is -2.39. The maximum Gasteiger partial charge on any atom is 0.137 e. The summed E-state index contributed by atoms with van der Waals surface area (Å²) in [6.07, 6.45) is 3.76. The standard InChI is InChI=1S/C12H16ClN3O/c1-6-10(13)15-12(7-2-3-7)16-11(6)14-8-4-9(17)5-8/h7-9,17H,2-5H2,1H3,(H,14,15,16). The fraction of sp³-hybridized carbons (Fsp3) is 0.667. The molecule has 0 radical (unpaired) electrons. The summed E-state index contributed by atoms with van der Waals surface area (Å²) in [7, 11) is 0. The van der Waals surface area contributed by atoms with Crippen LogP contribution in [-0.2, 0) is 0 Å². The Labute approximate surface area is 105 Å². The Bertz CT molecular complexity index is 442. The van der Waals surface area contributed by atoms with E-state index in [0.29, 0.717) is 17.1 Å². The fourth-order valence-corrected chi connectivity index (χ4v) is 2.25. The lowest BCUT2D eigenvalue weighted by molar-refractivity contribution is 0.0835. The Morgan fingerprint density at radius 1 is 1.29 bits per heavy atom. The van der Waals surface area contributed by atoms with Crippen LogP contribution in [0.4, 0.5) is 5.82 Å². The zero-order valence-corrected chi connectivity index (χ0v) is 10.5. The Balaban J connectivity index is 1.81. The van der Waals surface area contributed by atoms with Crippen LogP contribution in [0.1, 0.15) is 43.0 Å². The van der Waals surface area contributed by atoms with Gasteiger partial charge in [-0.15, -0.1) is 0 Å². The molecule has 0 aliphatic heterocycles. The highest BCUT2D eigenvalue weighted by molar-refractivity contribution is 6.30. The molecule has 2 N–H and O–H groups in total. The second kappa shape index (κ2) is 4.10. The Morgan fingerprint density at radius 2 is 2.00 bits per heavy atom. The first kappa shape index (κ1) is 11.2. The molecule has 2 aliphatic carbocycles. The fourth-order valence-electron chi connectivity index (χ4n) is 2.07. The molecule has 0 aromatic carbocycles. The van der Waals surface area contributed by atoms with Crippen LogP contribution in [0.25, 0.3) is 0 Å². The van der Waals surface area contributed by atoms with E-state index in [4.69, 9.17) is 11.6 Å². The third-order valence-corrected chi connectivity index (χ3v) is 3.87. The van der Waals surface area contributed by atoms with Crippen molar-refractivity contribution in [2.75, 3.05) is 5.32 Å². The molecule has 0 atom stereocenters. The van der Waals surface area contributed by atoms with Gasteiger partial charge in [0, 0.05) is 17.5 Å². The minimum absolute atomic E-state index is 0.159. The molecule has 1 aromatic heterocycles. The molecule has 0 bridgehead atoms. The van der Waals surface area contributed by atoms with Gasteiger partial charge in [-0.1, -0.05) is 11.6 Å². The molecular formula is C12H16ClN3O. The average Bonchev–Trinajstić information content (AvgIpc) is 3.05. The van der Waals surface area contributed by atoms with Crippen molar-refractivity contribution in [3.05, 3.63) is 16.5 Å². The van der Waals surface area contributed by atoms with E-state index >= 15 is 0 Å². The summed E-state index contributed by atoms with van der Waals surface area (Å²) in [5, 5.41) is 13.2. The van der Waals surface area contributed by atoms with Crippen LogP contribution >= 0.6 is 11.6 Å². The Kier molecular flexibility index (Phi) is 2.71. The topological polar surface area (TPSA) is 58.0 Å². The van der Waals surface area contributed by atoms with Gasteiger partial charge in [-0.05, 0) is 32.6 Å². The summed E-state index contributed by atoms with van der Waals surface area (Å²) >= 11 is 6.12. The van der Waals surface area contributed by atoms with Crippen molar-refractivity contribution >= 4 is 17.4 Å². The summed E-state index contributed by atoms with van der Waals surface area (Å²) in [5.74, 6) is 2.20. The van der Waals surface area contributed by atoms with Crippen LogP contribution in [0.5, 0.6) is 0 Å². The van der Waals surface area contributed by atoms with Gasteiger partial charge in [-0.2, -0.15) is 0 Å². The molecule has 1 aromatic rings. The number of anilines is 1. The highest BCUT2D eigenvalue weighted by Gasteiger charge is 2.30. The molecule has 92 valence electrons. The number of halogens is 1. The van der Waals surface area contributed by atoms with E-state index in [0.717, 1.165) is 30.0 Å². The first-order chi connectivity index (χ1) is 8.13. The van der Waals surface area contributed by atoms with E-state index in [-0.39, 0.29) is 6.10 Å². The SMILES string of the molecule is Cc1c(Cl)nc(C2CC2)nc1NC1CC(O)C1. The van der Waals surface area contributed by atoms with Gasteiger partial charge in [0.2, 0.25) is 0 Å². The van der Waals surface area contributed by atoms with Crippen LogP contribution in [-0.4, -0.2) is 27.2 Å². The second-order valence-corrected chi connectivity index (χ2v) is 5.44. The minimum atomic E-state index is -0.159. The van der Waals surface area contributed by atoms with Gasteiger partial charge in [0.1, 0.15) is 16.8 Å². The summed E-state index contributed by atoms with van der Waals surface area (Å²) in [4.78, 5) is 8.88. The third-order valence-electron chi connectivity index (χ3n) is 3.50. The molecule has 2 fully saturated rings. The number of aliphatic hydroxyl groups excluding tert-OH is 1. The Hall–Kier alpha value is -0.870. The number of rotatable bonds is 3. The van der Waals surface area contributed by atoms with Crippen LogP contribution in [0.15, 0.2) is 0 Å². The predicted molar refractivity (Wildman–Crippen MR) is 66.4 cm³/mol. The highest BCUT2D eigenvalue weighted by atomic mass is 35.5. The normalized spacial score (nSPS) is 27.7. The number of hydrogen-bond acceptors (Lipinski definition) is 4. The van der Waals surface area contributed by atoms with Crippen LogP contribution in [0.2, 0.25) is 5.15 Å². The zero-order valence-electron chi connectivity index (χ0n) is 9.78. The van der Waals surface area contributed by atoms with E-state index in [1.807, 2.05) is 6.92 Å². The van der Waals surface area contributed by atoms with Gasteiger partial charge in [-0.3, -0.25) is 0 Å². The van der Waals surface area contributed by atoms with Gasteiger partial charge in [0.05, 0.1) is 6.10 Å². The Morgan fingerprint density at radius 3 is 2.59 bits per heavy atom. The molecule has 0 saturated heterocycles. The lowest BCUT2D eigenvalue weighted by atomic mass is 9.89. The van der Waals surface area contributed by atoms with Gasteiger partial charge in [0.15, 0.2) is 0 Å². The second-order valence-electron chi connectivity index (χ2n) is 5.09. The highest BCUT2D eigenvalue weighted by Crippen LogP contribution is 2.39. The summed E-state index contributed by atoms with van der Waals surface area (Å²) < 4.78 is 0. The first-order valence-corrected chi connectivity index (χ1v) is 6.50.